The highest BCUT2D eigenvalue weighted by Crippen LogP contribution is 2.45. The molecule has 0 aliphatic carbocycles. The zero-order valence-electron chi connectivity index (χ0n) is 14.2. The van der Waals surface area contributed by atoms with Crippen molar-refractivity contribution in [2.75, 3.05) is 20.8 Å². The summed E-state index contributed by atoms with van der Waals surface area (Å²) in [6, 6.07) is 10.0. The second-order valence-corrected chi connectivity index (χ2v) is 6.06. The van der Waals surface area contributed by atoms with E-state index in [-0.39, 0.29) is 12.4 Å². The summed E-state index contributed by atoms with van der Waals surface area (Å²) in [7, 11) is 3.07. The van der Waals surface area contributed by atoms with Gasteiger partial charge in [-0.2, -0.15) is 0 Å². The van der Waals surface area contributed by atoms with Crippen LogP contribution in [0, 0.1) is 0 Å². The van der Waals surface area contributed by atoms with Crippen LogP contribution in [0.3, 0.4) is 0 Å². The molecule has 0 radical (unpaired) electrons. The number of methoxy groups -OCH3 is 2. The maximum Gasteiger partial charge on any atom is 0.309 e. The molecule has 5 nitrogen and oxygen atoms in total. The molecule has 1 aliphatic rings. The Morgan fingerprint density at radius 1 is 1.24 bits per heavy atom. The summed E-state index contributed by atoms with van der Waals surface area (Å²) in [5.74, 6) is 1.40. The normalized spacial score (nSPS) is 12.7. The van der Waals surface area contributed by atoms with E-state index in [4.69, 9.17) is 14.2 Å². The number of ether oxygens (including phenoxy) is 3. The topological polar surface area (TPSA) is 60.5 Å². The van der Waals surface area contributed by atoms with Crippen LogP contribution in [-0.4, -0.2) is 31.8 Å². The average molecular weight is 337 g/mol. The molecule has 5 heteroatoms. The number of aromatic nitrogens is 1. The third kappa shape index (κ3) is 2.61. The van der Waals surface area contributed by atoms with Crippen LogP contribution in [-0.2, 0) is 22.4 Å². The summed E-state index contributed by atoms with van der Waals surface area (Å²) in [5.41, 5.74) is 5.00. The van der Waals surface area contributed by atoms with Crippen LogP contribution >= 0.6 is 0 Å². The van der Waals surface area contributed by atoms with Crippen LogP contribution in [0.2, 0.25) is 0 Å². The molecule has 1 aliphatic heterocycles. The molecule has 1 N–H and O–H groups in total. The van der Waals surface area contributed by atoms with Gasteiger partial charge in [-0.25, -0.2) is 0 Å². The molecule has 0 fully saturated rings. The standard InChI is InChI=1S/C20H19NO4/c1-23-17-4-3-16-14(5-7-21-16)19(17)15-10-12(11-18(22)24-2)9-13-6-8-25-20(13)15/h3-5,7,9-10,21H,6,8,11H2,1-2H3. The Labute approximate surface area is 145 Å². The van der Waals surface area contributed by atoms with Crippen LogP contribution in [0.1, 0.15) is 11.1 Å². The number of nitrogens with one attached hydrogen (secondary N) is 1. The molecular weight excluding hydrogens is 318 g/mol. The first-order valence-electron chi connectivity index (χ1n) is 8.21. The minimum atomic E-state index is -0.253. The molecule has 0 unspecified atom stereocenters. The Bertz CT molecular complexity index is 958. The van der Waals surface area contributed by atoms with Gasteiger partial charge in [0.2, 0.25) is 0 Å². The molecular formula is C20H19NO4. The first-order valence-corrected chi connectivity index (χ1v) is 8.21. The smallest absolute Gasteiger partial charge is 0.309 e. The van der Waals surface area contributed by atoms with Gasteiger partial charge in [-0.3, -0.25) is 4.79 Å². The van der Waals surface area contributed by atoms with E-state index in [2.05, 4.69) is 4.98 Å². The van der Waals surface area contributed by atoms with Crippen molar-refractivity contribution in [2.24, 2.45) is 0 Å². The Hall–Kier alpha value is -2.95. The Morgan fingerprint density at radius 3 is 2.92 bits per heavy atom. The number of hydrogen-bond acceptors (Lipinski definition) is 4. The van der Waals surface area contributed by atoms with E-state index in [0.29, 0.717) is 6.61 Å². The SMILES string of the molecule is COC(=O)Cc1cc2c(c(-c3c(OC)ccc4[nH]ccc34)c1)OCC2. The van der Waals surface area contributed by atoms with Crippen molar-refractivity contribution in [3.8, 4) is 22.6 Å². The average Bonchev–Trinajstić information content (AvgIpc) is 3.28. The van der Waals surface area contributed by atoms with Gasteiger partial charge in [-0.1, -0.05) is 6.07 Å². The molecule has 25 heavy (non-hydrogen) atoms. The Morgan fingerprint density at radius 2 is 2.12 bits per heavy atom. The lowest BCUT2D eigenvalue weighted by Gasteiger charge is -2.15. The van der Waals surface area contributed by atoms with Crippen molar-refractivity contribution in [1.82, 2.24) is 4.98 Å². The third-order valence-electron chi connectivity index (χ3n) is 4.60. The Balaban J connectivity index is 1.96. The van der Waals surface area contributed by atoms with Gasteiger partial charge < -0.3 is 19.2 Å². The van der Waals surface area contributed by atoms with Gasteiger partial charge in [0.25, 0.3) is 0 Å². The van der Waals surface area contributed by atoms with Gasteiger partial charge in [0.05, 0.1) is 27.2 Å². The van der Waals surface area contributed by atoms with E-state index in [1.165, 1.54) is 7.11 Å². The summed E-state index contributed by atoms with van der Waals surface area (Å²) < 4.78 is 16.4. The lowest BCUT2D eigenvalue weighted by Crippen LogP contribution is -2.05. The molecule has 0 spiro atoms. The van der Waals surface area contributed by atoms with Crippen molar-refractivity contribution in [3.05, 3.63) is 47.7 Å². The number of rotatable bonds is 4. The first-order chi connectivity index (χ1) is 12.2. The van der Waals surface area contributed by atoms with Crippen LogP contribution in [0.5, 0.6) is 11.5 Å². The van der Waals surface area contributed by atoms with Crippen LogP contribution in [0.25, 0.3) is 22.0 Å². The maximum atomic E-state index is 11.7. The van der Waals surface area contributed by atoms with Crippen molar-refractivity contribution in [3.63, 3.8) is 0 Å². The van der Waals surface area contributed by atoms with Gasteiger partial charge in [0, 0.05) is 34.6 Å². The van der Waals surface area contributed by atoms with E-state index in [1.807, 2.05) is 36.5 Å². The number of hydrogen-bond donors (Lipinski definition) is 1. The summed E-state index contributed by atoms with van der Waals surface area (Å²) in [6.45, 7) is 0.648. The molecule has 0 saturated carbocycles. The molecule has 4 rings (SSSR count). The number of H-pyrrole nitrogens is 1. The van der Waals surface area contributed by atoms with Gasteiger partial charge in [-0.15, -0.1) is 0 Å². The lowest BCUT2D eigenvalue weighted by atomic mass is 9.94. The summed E-state index contributed by atoms with van der Waals surface area (Å²) in [4.78, 5) is 15.0. The highest BCUT2D eigenvalue weighted by molar-refractivity contribution is 6.00. The van der Waals surface area contributed by atoms with Crippen LogP contribution in [0.4, 0.5) is 0 Å². The van der Waals surface area contributed by atoms with E-state index in [9.17, 15) is 4.79 Å². The van der Waals surface area contributed by atoms with E-state index in [1.54, 1.807) is 7.11 Å². The molecule has 0 saturated heterocycles. The van der Waals surface area contributed by atoms with Crippen LogP contribution < -0.4 is 9.47 Å². The van der Waals surface area contributed by atoms with Crippen molar-refractivity contribution in [1.29, 1.82) is 0 Å². The number of aromatic amines is 1. The number of fused-ring (bicyclic) bond motifs is 2. The molecule has 2 aromatic carbocycles. The summed E-state index contributed by atoms with van der Waals surface area (Å²) >= 11 is 0. The quantitative estimate of drug-likeness (QED) is 0.740. The van der Waals surface area contributed by atoms with Crippen molar-refractivity contribution < 1.29 is 19.0 Å². The van der Waals surface area contributed by atoms with E-state index in [0.717, 1.165) is 51.1 Å². The fourth-order valence-electron chi connectivity index (χ4n) is 3.46. The highest BCUT2D eigenvalue weighted by atomic mass is 16.5. The van der Waals surface area contributed by atoms with Gasteiger partial charge in [-0.05, 0) is 35.4 Å². The summed E-state index contributed by atoms with van der Waals surface area (Å²) in [5, 5.41) is 1.06. The lowest BCUT2D eigenvalue weighted by molar-refractivity contribution is -0.139. The monoisotopic (exact) mass is 337 g/mol. The van der Waals surface area contributed by atoms with Crippen molar-refractivity contribution >= 4 is 16.9 Å². The van der Waals surface area contributed by atoms with Gasteiger partial charge in [0.15, 0.2) is 0 Å². The highest BCUT2D eigenvalue weighted by Gasteiger charge is 2.23. The number of carbonyl (C=O) groups excluding carboxylic acids is 1. The predicted molar refractivity (Wildman–Crippen MR) is 95.2 cm³/mol. The second-order valence-electron chi connectivity index (χ2n) is 6.06. The van der Waals surface area contributed by atoms with E-state index < -0.39 is 0 Å². The molecule has 128 valence electrons. The van der Waals surface area contributed by atoms with Gasteiger partial charge in [0.1, 0.15) is 11.5 Å². The molecule has 0 amide bonds. The zero-order chi connectivity index (χ0) is 17.4. The molecule has 3 aromatic rings. The Kier molecular flexibility index (Phi) is 3.84. The largest absolute Gasteiger partial charge is 0.496 e. The van der Waals surface area contributed by atoms with Gasteiger partial charge >= 0.3 is 5.97 Å². The minimum Gasteiger partial charge on any atom is -0.496 e. The second kappa shape index (κ2) is 6.16. The molecule has 0 atom stereocenters. The fraction of sp³-hybridized carbons (Fsp3) is 0.250. The fourth-order valence-corrected chi connectivity index (χ4v) is 3.46. The molecule has 2 heterocycles. The minimum absolute atomic E-state index is 0.238. The third-order valence-corrected chi connectivity index (χ3v) is 4.60. The zero-order valence-corrected chi connectivity index (χ0v) is 14.2. The summed E-state index contributed by atoms with van der Waals surface area (Å²) in [6.07, 6.45) is 2.98. The van der Waals surface area contributed by atoms with E-state index >= 15 is 0 Å². The van der Waals surface area contributed by atoms with Crippen LogP contribution in [0.15, 0.2) is 36.5 Å². The number of esters is 1. The maximum absolute atomic E-state index is 11.7. The number of benzene rings is 2. The first kappa shape index (κ1) is 15.6. The molecule has 1 aromatic heterocycles. The predicted octanol–water partition coefficient (Wildman–Crippen LogP) is 3.49. The number of carbonyl (C=O) groups is 1. The molecule has 0 bridgehead atoms. The van der Waals surface area contributed by atoms with Crippen molar-refractivity contribution in [2.45, 2.75) is 12.8 Å².